The van der Waals surface area contributed by atoms with Crippen LogP contribution in [0, 0.1) is 23.0 Å². The predicted octanol–water partition coefficient (Wildman–Crippen LogP) is 5.50. The molecular weight excluding hydrogens is 498 g/mol. The number of aliphatic carboxylic acids is 1. The number of hydrogen-bond donors (Lipinski definition) is 2. The minimum Gasteiger partial charge on any atom is -0.479 e. The zero-order valence-corrected chi connectivity index (χ0v) is 22.2. The van der Waals surface area contributed by atoms with Gasteiger partial charge in [-0.3, -0.25) is 14.9 Å². The Kier molecular flexibility index (Phi) is 7.53. The smallest absolute Gasteiger partial charge is 0.330 e. The number of aryl methyl sites for hydroxylation is 1. The molecule has 0 saturated carbocycles. The molecule has 1 aliphatic heterocycles. The number of nitro benzene ring substituents is 1. The highest BCUT2D eigenvalue weighted by atomic mass is 16.6. The zero-order valence-electron chi connectivity index (χ0n) is 22.2. The standard InChI is InChI=1S/C30H31N3O6/c1-18(2)31-29(37)32-26(21-12-10-19(3)11-13-21)24(27(34)22-8-6-5-7-9-22)25(30(32,4)28(35)36)20-14-16-23(17-15-20)33(38)39/h5-18,24-26H,1-4H3,(H,31,37)(H,35,36). The first-order chi connectivity index (χ1) is 18.5. The van der Waals surface area contributed by atoms with Gasteiger partial charge in [0, 0.05) is 29.7 Å². The van der Waals surface area contributed by atoms with Crippen LogP contribution in [0.1, 0.15) is 59.8 Å². The summed E-state index contributed by atoms with van der Waals surface area (Å²) in [6.45, 7) is 6.90. The molecule has 0 aliphatic carbocycles. The fraction of sp³-hybridized carbons (Fsp3) is 0.300. The molecule has 0 spiro atoms. The molecule has 0 radical (unpaired) electrons. The fourth-order valence-electron chi connectivity index (χ4n) is 5.57. The summed E-state index contributed by atoms with van der Waals surface area (Å²) in [7, 11) is 0. The van der Waals surface area contributed by atoms with E-state index in [2.05, 4.69) is 5.32 Å². The van der Waals surface area contributed by atoms with Crippen LogP contribution in [-0.2, 0) is 4.79 Å². The van der Waals surface area contributed by atoms with Gasteiger partial charge in [0.15, 0.2) is 5.78 Å². The van der Waals surface area contributed by atoms with Crippen molar-refractivity contribution in [3.8, 4) is 0 Å². The number of hydrogen-bond acceptors (Lipinski definition) is 5. The summed E-state index contributed by atoms with van der Waals surface area (Å²) >= 11 is 0. The number of carbonyl (C=O) groups excluding carboxylic acids is 2. The minimum atomic E-state index is -1.88. The van der Waals surface area contributed by atoms with Crippen molar-refractivity contribution < 1.29 is 24.4 Å². The van der Waals surface area contributed by atoms with Gasteiger partial charge < -0.3 is 15.3 Å². The number of nitro groups is 1. The first-order valence-electron chi connectivity index (χ1n) is 12.7. The monoisotopic (exact) mass is 529 g/mol. The summed E-state index contributed by atoms with van der Waals surface area (Å²) in [6, 6.07) is 19.6. The van der Waals surface area contributed by atoms with E-state index >= 15 is 0 Å². The van der Waals surface area contributed by atoms with Gasteiger partial charge in [-0.05, 0) is 38.8 Å². The number of carboxylic acids is 1. The number of likely N-dealkylation sites (tertiary alicyclic amines) is 1. The lowest BCUT2D eigenvalue weighted by Gasteiger charge is -2.38. The van der Waals surface area contributed by atoms with Crippen LogP contribution in [0.4, 0.5) is 10.5 Å². The molecule has 1 fully saturated rings. The van der Waals surface area contributed by atoms with Crippen molar-refractivity contribution >= 4 is 23.5 Å². The van der Waals surface area contributed by atoms with Gasteiger partial charge >= 0.3 is 12.0 Å². The Morgan fingerprint density at radius 3 is 2.03 bits per heavy atom. The number of non-ortho nitro benzene ring substituents is 1. The number of carbonyl (C=O) groups is 3. The number of Topliss-reactive ketones (excluding diaryl/α,β-unsaturated/α-hetero) is 1. The second-order valence-corrected chi connectivity index (χ2v) is 10.4. The summed E-state index contributed by atoms with van der Waals surface area (Å²) < 4.78 is 0. The lowest BCUT2D eigenvalue weighted by molar-refractivity contribution is -0.384. The molecule has 2 N–H and O–H groups in total. The first kappa shape index (κ1) is 27.5. The molecular formula is C30H31N3O6. The molecule has 9 heteroatoms. The molecule has 202 valence electrons. The molecule has 1 aliphatic rings. The van der Waals surface area contributed by atoms with E-state index in [-0.39, 0.29) is 17.5 Å². The lowest BCUT2D eigenvalue weighted by atomic mass is 9.71. The number of rotatable bonds is 7. The summed E-state index contributed by atoms with van der Waals surface area (Å²) in [5, 5.41) is 24.9. The van der Waals surface area contributed by atoms with E-state index in [0.29, 0.717) is 16.7 Å². The van der Waals surface area contributed by atoms with Crippen LogP contribution < -0.4 is 5.32 Å². The number of nitrogens with one attached hydrogen (secondary N) is 1. The van der Waals surface area contributed by atoms with Gasteiger partial charge in [0.25, 0.3) is 5.69 Å². The highest BCUT2D eigenvalue weighted by Gasteiger charge is 2.65. The normalized spacial score (nSPS) is 22.5. The number of benzene rings is 3. The van der Waals surface area contributed by atoms with Crippen LogP contribution in [0.2, 0.25) is 0 Å². The molecule has 3 aromatic carbocycles. The third kappa shape index (κ3) is 4.99. The van der Waals surface area contributed by atoms with Gasteiger partial charge in [-0.15, -0.1) is 0 Å². The Morgan fingerprint density at radius 2 is 1.51 bits per heavy atom. The summed E-state index contributed by atoms with van der Waals surface area (Å²) in [5.74, 6) is -3.63. The van der Waals surface area contributed by atoms with Crippen molar-refractivity contribution in [2.45, 2.75) is 51.2 Å². The van der Waals surface area contributed by atoms with E-state index in [4.69, 9.17) is 0 Å². The second-order valence-electron chi connectivity index (χ2n) is 10.4. The van der Waals surface area contributed by atoms with Crippen molar-refractivity contribution in [3.63, 3.8) is 0 Å². The van der Waals surface area contributed by atoms with Crippen LogP contribution >= 0.6 is 0 Å². The maximum Gasteiger partial charge on any atom is 0.330 e. The van der Waals surface area contributed by atoms with Crippen molar-refractivity contribution in [1.82, 2.24) is 10.2 Å². The summed E-state index contributed by atoms with van der Waals surface area (Å²) in [5.41, 5.74) is 0.338. The fourth-order valence-corrected chi connectivity index (χ4v) is 5.57. The van der Waals surface area contributed by atoms with Crippen LogP contribution in [0.5, 0.6) is 0 Å². The zero-order chi connectivity index (χ0) is 28.5. The molecule has 3 aromatic rings. The Labute approximate surface area is 226 Å². The SMILES string of the molecule is Cc1ccc(C2C(C(=O)c3ccccc3)C(c3ccc([N+](=O)[O-])cc3)C(C)(C(=O)O)N2C(=O)NC(C)C)cc1. The van der Waals surface area contributed by atoms with Crippen molar-refractivity contribution in [1.29, 1.82) is 0 Å². The van der Waals surface area contributed by atoms with Gasteiger partial charge in [-0.1, -0.05) is 72.3 Å². The molecule has 9 nitrogen and oxygen atoms in total. The topological polar surface area (TPSA) is 130 Å². The predicted molar refractivity (Wildman–Crippen MR) is 146 cm³/mol. The van der Waals surface area contributed by atoms with Gasteiger partial charge in [0.05, 0.1) is 16.9 Å². The van der Waals surface area contributed by atoms with Crippen LogP contribution in [-0.4, -0.2) is 44.3 Å². The van der Waals surface area contributed by atoms with E-state index in [0.717, 1.165) is 5.56 Å². The molecule has 0 bridgehead atoms. The first-order valence-corrected chi connectivity index (χ1v) is 12.7. The third-order valence-corrected chi connectivity index (χ3v) is 7.39. The quantitative estimate of drug-likeness (QED) is 0.236. The second kappa shape index (κ2) is 10.7. The summed E-state index contributed by atoms with van der Waals surface area (Å²) in [4.78, 5) is 53.3. The van der Waals surface area contributed by atoms with Crippen LogP contribution in [0.15, 0.2) is 78.9 Å². The Balaban J connectivity index is 2.03. The Hall–Kier alpha value is -4.53. The van der Waals surface area contributed by atoms with E-state index in [1.807, 2.05) is 19.1 Å². The van der Waals surface area contributed by atoms with Crippen molar-refractivity contribution in [2.75, 3.05) is 0 Å². The number of carboxylic acid groups (broad SMARTS) is 1. The maximum atomic E-state index is 14.3. The molecule has 1 saturated heterocycles. The van der Waals surface area contributed by atoms with Crippen LogP contribution in [0.3, 0.4) is 0 Å². The summed E-state index contributed by atoms with van der Waals surface area (Å²) in [6.07, 6.45) is 0. The van der Waals surface area contributed by atoms with Gasteiger partial charge in [-0.25, -0.2) is 9.59 Å². The molecule has 1 heterocycles. The third-order valence-electron chi connectivity index (χ3n) is 7.39. The molecule has 4 rings (SSSR count). The average molecular weight is 530 g/mol. The van der Waals surface area contributed by atoms with Crippen molar-refractivity contribution in [2.24, 2.45) is 5.92 Å². The highest BCUT2D eigenvalue weighted by molar-refractivity contribution is 6.02. The van der Waals surface area contributed by atoms with E-state index in [1.165, 1.54) is 36.1 Å². The molecule has 2 amide bonds. The molecule has 4 atom stereocenters. The van der Waals surface area contributed by atoms with Crippen LogP contribution in [0.25, 0.3) is 0 Å². The lowest BCUT2D eigenvalue weighted by Crippen LogP contribution is -2.57. The largest absolute Gasteiger partial charge is 0.479 e. The molecule has 4 unspecified atom stereocenters. The van der Waals surface area contributed by atoms with Gasteiger partial charge in [0.2, 0.25) is 0 Å². The van der Waals surface area contributed by atoms with Gasteiger partial charge in [0.1, 0.15) is 5.54 Å². The van der Waals surface area contributed by atoms with E-state index in [9.17, 15) is 29.6 Å². The Morgan fingerprint density at radius 1 is 0.949 bits per heavy atom. The highest BCUT2D eigenvalue weighted by Crippen LogP contribution is 2.56. The van der Waals surface area contributed by atoms with Gasteiger partial charge in [-0.2, -0.15) is 0 Å². The number of nitrogens with zero attached hydrogens (tertiary/aromatic N) is 2. The number of urea groups is 1. The Bertz CT molecular complexity index is 1390. The number of amides is 2. The average Bonchev–Trinajstić information content (AvgIpc) is 3.19. The molecule has 0 aromatic heterocycles. The molecule has 39 heavy (non-hydrogen) atoms. The van der Waals surface area contributed by atoms with E-state index in [1.54, 1.807) is 56.3 Å². The van der Waals surface area contributed by atoms with E-state index < -0.39 is 40.3 Å². The minimum absolute atomic E-state index is 0.163. The number of ketones is 1. The van der Waals surface area contributed by atoms with Crippen molar-refractivity contribution in [3.05, 3.63) is 111 Å². The maximum absolute atomic E-state index is 14.3.